The number of halogens is 2. The Morgan fingerprint density at radius 1 is 1.06 bits per heavy atom. The number of carbonyl (C=O) groups is 2. The van der Waals surface area contributed by atoms with Crippen LogP contribution >= 0.6 is 27.5 Å². The van der Waals surface area contributed by atoms with Crippen molar-refractivity contribution in [1.82, 2.24) is 10.7 Å². The Kier molecular flexibility index (Phi) is 6.58. The molecule has 1 heterocycles. The van der Waals surface area contributed by atoms with Gasteiger partial charge in [0.25, 0.3) is 5.91 Å². The first kappa shape index (κ1) is 22.0. The molecule has 2 N–H and O–H groups in total. The fourth-order valence-corrected chi connectivity index (χ4v) is 3.91. The number of hydrazine groups is 1. The summed E-state index contributed by atoms with van der Waals surface area (Å²) in [6.07, 6.45) is 1.84. The number of ether oxygens (including phenoxy) is 1. The Bertz CT molecular complexity index is 1160. The fraction of sp³-hybridized carbons (Fsp3) is 0.125. The minimum absolute atomic E-state index is 0.305. The Hall–Kier alpha value is -3.16. The van der Waals surface area contributed by atoms with Gasteiger partial charge in [-0.05, 0) is 60.7 Å². The SMILES string of the molecule is COc1ccc(C(=O)N[C@@H]2C(=O)N/[N+](=C\c3ccc(Br)cc3)[C@H]2c2ccc(Cl)cc2)cc1. The van der Waals surface area contributed by atoms with Crippen molar-refractivity contribution in [2.24, 2.45) is 0 Å². The summed E-state index contributed by atoms with van der Waals surface area (Å²) in [7, 11) is 1.56. The molecule has 162 valence electrons. The van der Waals surface area contributed by atoms with Crippen molar-refractivity contribution >= 4 is 45.6 Å². The highest BCUT2D eigenvalue weighted by Gasteiger charge is 2.47. The number of hydrogen-bond acceptors (Lipinski definition) is 3. The van der Waals surface area contributed by atoms with Gasteiger partial charge in [0.15, 0.2) is 6.04 Å². The molecule has 1 aliphatic heterocycles. The second-order valence-electron chi connectivity index (χ2n) is 7.24. The van der Waals surface area contributed by atoms with E-state index in [0.29, 0.717) is 16.3 Å². The predicted molar refractivity (Wildman–Crippen MR) is 126 cm³/mol. The van der Waals surface area contributed by atoms with E-state index in [9.17, 15) is 9.59 Å². The first-order valence-corrected chi connectivity index (χ1v) is 11.0. The second-order valence-corrected chi connectivity index (χ2v) is 8.59. The van der Waals surface area contributed by atoms with Gasteiger partial charge in [-0.3, -0.25) is 9.59 Å². The Morgan fingerprint density at radius 2 is 1.72 bits per heavy atom. The number of hydrogen-bond donors (Lipinski definition) is 2. The van der Waals surface area contributed by atoms with E-state index in [2.05, 4.69) is 26.7 Å². The van der Waals surface area contributed by atoms with E-state index in [4.69, 9.17) is 16.3 Å². The number of methoxy groups -OCH3 is 1. The highest BCUT2D eigenvalue weighted by molar-refractivity contribution is 9.10. The third-order valence-corrected chi connectivity index (χ3v) is 5.93. The lowest BCUT2D eigenvalue weighted by atomic mass is 9.99. The summed E-state index contributed by atoms with van der Waals surface area (Å²) < 4.78 is 7.82. The monoisotopic (exact) mass is 512 g/mol. The number of carbonyl (C=O) groups excluding carboxylic acids is 2. The number of benzene rings is 3. The molecule has 1 saturated heterocycles. The molecule has 0 aliphatic carbocycles. The number of hydrazone groups is 1. The molecule has 2 amide bonds. The van der Waals surface area contributed by atoms with Crippen LogP contribution in [-0.2, 0) is 4.79 Å². The quantitative estimate of drug-likeness (QED) is 0.504. The van der Waals surface area contributed by atoms with Crippen LogP contribution in [0.15, 0.2) is 77.3 Å². The summed E-state index contributed by atoms with van der Waals surface area (Å²) in [6.45, 7) is 0. The zero-order valence-corrected chi connectivity index (χ0v) is 19.4. The minimum atomic E-state index is -0.808. The molecule has 6 nitrogen and oxygen atoms in total. The van der Waals surface area contributed by atoms with Gasteiger partial charge in [-0.2, -0.15) is 0 Å². The topological polar surface area (TPSA) is 70.4 Å². The van der Waals surface area contributed by atoms with Crippen LogP contribution in [0.25, 0.3) is 0 Å². The van der Waals surface area contributed by atoms with Gasteiger partial charge in [-0.1, -0.05) is 39.7 Å². The van der Waals surface area contributed by atoms with Gasteiger partial charge in [0.2, 0.25) is 12.3 Å². The Morgan fingerprint density at radius 3 is 2.34 bits per heavy atom. The highest BCUT2D eigenvalue weighted by atomic mass is 79.9. The molecule has 0 saturated carbocycles. The molecule has 4 rings (SSSR count). The van der Waals surface area contributed by atoms with E-state index >= 15 is 0 Å². The van der Waals surface area contributed by atoms with Crippen LogP contribution in [0.2, 0.25) is 5.02 Å². The lowest BCUT2D eigenvalue weighted by molar-refractivity contribution is -0.596. The normalized spacial score (nSPS) is 19.0. The molecular formula is C24H20BrClN3O3+. The Balaban J connectivity index is 1.67. The smallest absolute Gasteiger partial charge is 0.304 e. The van der Waals surface area contributed by atoms with E-state index in [-0.39, 0.29) is 11.8 Å². The third kappa shape index (κ3) is 4.84. The lowest BCUT2D eigenvalue weighted by Gasteiger charge is -2.15. The molecule has 32 heavy (non-hydrogen) atoms. The molecule has 0 radical (unpaired) electrons. The number of amides is 2. The van der Waals surface area contributed by atoms with Gasteiger partial charge < -0.3 is 10.1 Å². The summed E-state index contributed by atoms with van der Waals surface area (Å²) in [5.74, 6) is -0.00750. The number of rotatable bonds is 5. The lowest BCUT2D eigenvalue weighted by Crippen LogP contribution is -2.42. The van der Waals surface area contributed by atoms with Gasteiger partial charge in [0, 0.05) is 26.2 Å². The number of nitrogens with one attached hydrogen (secondary N) is 2. The average Bonchev–Trinajstić information content (AvgIpc) is 3.10. The first-order chi connectivity index (χ1) is 15.4. The molecule has 0 bridgehead atoms. The van der Waals surface area contributed by atoms with Crippen LogP contribution in [-0.4, -0.2) is 35.9 Å². The van der Waals surface area contributed by atoms with Gasteiger partial charge >= 0.3 is 5.91 Å². The van der Waals surface area contributed by atoms with Crippen LogP contribution in [0.5, 0.6) is 5.75 Å². The van der Waals surface area contributed by atoms with Crippen molar-refractivity contribution in [2.75, 3.05) is 7.11 Å². The van der Waals surface area contributed by atoms with Crippen molar-refractivity contribution in [3.8, 4) is 5.75 Å². The van der Waals surface area contributed by atoms with Crippen LogP contribution < -0.4 is 15.5 Å². The molecule has 1 aliphatic rings. The molecule has 8 heteroatoms. The summed E-state index contributed by atoms with van der Waals surface area (Å²) in [4.78, 5) is 25.8. The Labute approximate surface area is 199 Å². The zero-order chi connectivity index (χ0) is 22.7. The van der Waals surface area contributed by atoms with Crippen molar-refractivity contribution < 1.29 is 19.0 Å². The summed E-state index contributed by atoms with van der Waals surface area (Å²) in [5, 5.41) is 3.47. The molecule has 0 unspecified atom stereocenters. The average molecular weight is 514 g/mol. The molecule has 0 spiro atoms. The maximum absolute atomic E-state index is 12.9. The molecular weight excluding hydrogens is 494 g/mol. The van der Waals surface area contributed by atoms with Gasteiger partial charge in [0.1, 0.15) is 5.75 Å². The molecule has 2 atom stereocenters. The van der Waals surface area contributed by atoms with Crippen molar-refractivity contribution in [3.63, 3.8) is 0 Å². The van der Waals surface area contributed by atoms with Gasteiger partial charge in [-0.15, -0.1) is 10.1 Å². The van der Waals surface area contributed by atoms with E-state index in [1.807, 2.05) is 42.6 Å². The fourth-order valence-electron chi connectivity index (χ4n) is 3.52. The summed E-state index contributed by atoms with van der Waals surface area (Å²) in [6, 6.07) is 20.4. The summed E-state index contributed by atoms with van der Waals surface area (Å²) in [5.41, 5.74) is 5.03. The van der Waals surface area contributed by atoms with Crippen molar-refractivity contribution in [3.05, 3.63) is 99.0 Å². The molecule has 3 aromatic carbocycles. The first-order valence-electron chi connectivity index (χ1n) is 9.84. The highest BCUT2D eigenvalue weighted by Crippen LogP contribution is 2.27. The van der Waals surface area contributed by atoms with E-state index in [1.54, 1.807) is 48.2 Å². The maximum Gasteiger partial charge on any atom is 0.304 e. The summed E-state index contributed by atoms with van der Waals surface area (Å²) >= 11 is 9.49. The number of nitrogens with zero attached hydrogens (tertiary/aromatic N) is 1. The van der Waals surface area contributed by atoms with E-state index < -0.39 is 12.1 Å². The van der Waals surface area contributed by atoms with Crippen LogP contribution in [0.4, 0.5) is 0 Å². The minimum Gasteiger partial charge on any atom is -0.497 e. The second kappa shape index (κ2) is 9.54. The van der Waals surface area contributed by atoms with Crippen molar-refractivity contribution in [2.45, 2.75) is 12.1 Å². The van der Waals surface area contributed by atoms with E-state index in [0.717, 1.165) is 15.6 Å². The standard InChI is InChI=1S/C24H19BrClN3O3/c1-32-20-12-6-17(7-13-20)23(30)27-21-22(16-4-10-19(26)11-5-16)29(28-24(21)31)14-15-2-8-18(25)9-3-15/h2-14,21-22H,1H3,(H-,27,28,30,31)/p+1/b29-14-/t21-,22-/m0/s1. The van der Waals surface area contributed by atoms with Crippen LogP contribution in [0.1, 0.15) is 27.5 Å². The predicted octanol–water partition coefficient (Wildman–Crippen LogP) is 4.13. The van der Waals surface area contributed by atoms with Crippen LogP contribution in [0, 0.1) is 0 Å². The van der Waals surface area contributed by atoms with Gasteiger partial charge in [0.05, 0.1) is 7.11 Å². The van der Waals surface area contributed by atoms with Crippen LogP contribution in [0.3, 0.4) is 0 Å². The van der Waals surface area contributed by atoms with E-state index in [1.165, 1.54) is 0 Å². The van der Waals surface area contributed by atoms with Gasteiger partial charge in [-0.25, -0.2) is 0 Å². The maximum atomic E-state index is 12.9. The zero-order valence-electron chi connectivity index (χ0n) is 17.1. The van der Waals surface area contributed by atoms with Crippen molar-refractivity contribution in [1.29, 1.82) is 0 Å². The molecule has 3 aromatic rings. The molecule has 0 aromatic heterocycles. The molecule has 1 fully saturated rings. The third-order valence-electron chi connectivity index (χ3n) is 5.15. The largest absolute Gasteiger partial charge is 0.497 e.